The minimum absolute atomic E-state index is 0. The van der Waals surface area contributed by atoms with Gasteiger partial charge < -0.3 is 11.5 Å². The van der Waals surface area contributed by atoms with E-state index in [4.69, 9.17) is 16.9 Å². The first-order valence-electron chi connectivity index (χ1n) is 2.99. The second kappa shape index (κ2) is 6.17. The van der Waals surface area contributed by atoms with E-state index in [0.717, 1.165) is 6.07 Å². The summed E-state index contributed by atoms with van der Waals surface area (Å²) in [5.41, 5.74) is 10.1. The zero-order valence-corrected chi connectivity index (χ0v) is 8.45. The van der Waals surface area contributed by atoms with E-state index >= 15 is 0 Å². The number of guanidine groups is 1. The molecule has 9 heteroatoms. The van der Waals surface area contributed by atoms with Gasteiger partial charge in [0, 0.05) is 6.07 Å². The van der Waals surface area contributed by atoms with Gasteiger partial charge >= 0.3 is 0 Å². The minimum Gasteiger partial charge on any atom is -0.383 e. The van der Waals surface area contributed by atoms with Crippen molar-refractivity contribution in [1.82, 2.24) is 9.97 Å². The molecule has 80 valence electrons. The summed E-state index contributed by atoms with van der Waals surface area (Å²) in [5, 5.41) is 9.00. The van der Waals surface area contributed by atoms with Crippen molar-refractivity contribution < 1.29 is 4.39 Å². The van der Waals surface area contributed by atoms with Crippen molar-refractivity contribution in [3.63, 3.8) is 0 Å². The third-order valence-corrected chi connectivity index (χ3v) is 0.961. The molecule has 1 heterocycles. The largest absolute Gasteiger partial charge is 0.383 e. The molecule has 14 heavy (non-hydrogen) atoms. The van der Waals surface area contributed by atoms with Crippen LogP contribution in [0.15, 0.2) is 6.07 Å². The van der Waals surface area contributed by atoms with Gasteiger partial charge in [0.2, 0.25) is 11.9 Å². The molecule has 6 nitrogen and oxygen atoms in total. The van der Waals surface area contributed by atoms with Crippen LogP contribution in [0.4, 0.5) is 16.2 Å². The van der Waals surface area contributed by atoms with Crippen molar-refractivity contribution in [3.05, 3.63) is 12.0 Å². The molecule has 0 aliphatic heterocycles. The van der Waals surface area contributed by atoms with Gasteiger partial charge in [0.15, 0.2) is 5.96 Å². The van der Waals surface area contributed by atoms with Crippen molar-refractivity contribution in [3.8, 4) is 0 Å². The van der Waals surface area contributed by atoms with Crippen molar-refractivity contribution in [2.45, 2.75) is 0 Å². The molecule has 0 aromatic carbocycles. The predicted molar refractivity (Wildman–Crippen MR) is 56.4 cm³/mol. The standard InChI is InChI=1S/C5H7FN6.2ClH/c6-2-1-3(7)11-5(10-2)12-4(8)9;;/h1H,(H6,7,8,9,10,11,12);2*1H. The number of hydrogen-bond donors (Lipinski definition) is 4. The monoisotopic (exact) mass is 242 g/mol. The van der Waals surface area contributed by atoms with E-state index in [9.17, 15) is 4.39 Å². The van der Waals surface area contributed by atoms with Crippen molar-refractivity contribution in [1.29, 1.82) is 5.41 Å². The summed E-state index contributed by atoms with van der Waals surface area (Å²) in [5.74, 6) is -1.29. The van der Waals surface area contributed by atoms with Crippen LogP contribution in [0, 0.1) is 11.4 Å². The van der Waals surface area contributed by atoms with E-state index < -0.39 is 5.95 Å². The Labute approximate surface area is 91.6 Å². The molecular weight excluding hydrogens is 234 g/mol. The first-order chi connectivity index (χ1) is 5.58. The molecule has 6 N–H and O–H groups in total. The normalized spacial score (nSPS) is 8.07. The van der Waals surface area contributed by atoms with E-state index in [2.05, 4.69) is 15.3 Å². The molecule has 0 saturated heterocycles. The molecule has 0 saturated carbocycles. The summed E-state index contributed by atoms with van der Waals surface area (Å²) < 4.78 is 12.5. The zero-order valence-electron chi connectivity index (χ0n) is 6.82. The Kier molecular flexibility index (Phi) is 6.67. The Hall–Kier alpha value is -1.34. The van der Waals surface area contributed by atoms with Gasteiger partial charge in [0.1, 0.15) is 5.82 Å². The molecule has 0 amide bonds. The number of halogens is 3. The summed E-state index contributed by atoms with van der Waals surface area (Å²) in [6.45, 7) is 0. The van der Waals surface area contributed by atoms with E-state index in [1.807, 2.05) is 0 Å². The van der Waals surface area contributed by atoms with Crippen LogP contribution >= 0.6 is 24.8 Å². The van der Waals surface area contributed by atoms with Crippen LogP contribution in [-0.4, -0.2) is 15.9 Å². The lowest BCUT2D eigenvalue weighted by molar-refractivity contribution is 0.583. The molecule has 0 fully saturated rings. The highest BCUT2D eigenvalue weighted by Crippen LogP contribution is 2.04. The summed E-state index contributed by atoms with van der Waals surface area (Å²) in [6, 6.07) is 0.964. The lowest BCUT2D eigenvalue weighted by Crippen LogP contribution is -2.22. The van der Waals surface area contributed by atoms with Gasteiger partial charge in [-0.15, -0.1) is 24.8 Å². The molecule has 0 spiro atoms. The minimum atomic E-state index is -0.772. The van der Waals surface area contributed by atoms with E-state index in [1.54, 1.807) is 0 Å². The third kappa shape index (κ3) is 4.63. The highest BCUT2D eigenvalue weighted by atomic mass is 35.5. The molecule has 0 aliphatic carbocycles. The second-order valence-corrected chi connectivity index (χ2v) is 1.98. The number of rotatable bonds is 1. The number of anilines is 2. The van der Waals surface area contributed by atoms with Crippen molar-refractivity contribution in [2.75, 3.05) is 11.1 Å². The summed E-state index contributed by atoms with van der Waals surface area (Å²) in [6.07, 6.45) is 0. The lowest BCUT2D eigenvalue weighted by atomic mass is 10.6. The molecular formula is C5H9Cl2FN6. The maximum atomic E-state index is 12.5. The Morgan fingerprint density at radius 1 is 1.43 bits per heavy atom. The fraction of sp³-hybridized carbons (Fsp3) is 0. The van der Waals surface area contributed by atoms with Crippen LogP contribution in [-0.2, 0) is 0 Å². The maximum Gasteiger partial charge on any atom is 0.234 e. The van der Waals surface area contributed by atoms with E-state index in [1.165, 1.54) is 0 Å². The van der Waals surface area contributed by atoms with Crippen LogP contribution in [0.3, 0.4) is 0 Å². The van der Waals surface area contributed by atoms with Gasteiger partial charge in [-0.1, -0.05) is 0 Å². The van der Waals surface area contributed by atoms with Crippen LogP contribution in [0.1, 0.15) is 0 Å². The molecule has 0 atom stereocenters. The number of nitrogens with one attached hydrogen (secondary N) is 2. The molecule has 1 aromatic heterocycles. The highest BCUT2D eigenvalue weighted by Gasteiger charge is 2.01. The molecule has 1 rings (SSSR count). The van der Waals surface area contributed by atoms with Gasteiger partial charge in [-0.3, -0.25) is 10.7 Å². The number of nitrogens with zero attached hydrogens (tertiary/aromatic N) is 2. The summed E-state index contributed by atoms with van der Waals surface area (Å²) >= 11 is 0. The molecule has 0 radical (unpaired) electrons. The molecule has 0 bridgehead atoms. The topological polar surface area (TPSA) is 114 Å². The first kappa shape index (κ1) is 15.1. The second-order valence-electron chi connectivity index (χ2n) is 1.98. The third-order valence-electron chi connectivity index (χ3n) is 0.961. The molecule has 0 unspecified atom stereocenters. The quantitative estimate of drug-likeness (QED) is 0.323. The van der Waals surface area contributed by atoms with Gasteiger partial charge in [0.05, 0.1) is 0 Å². The van der Waals surface area contributed by atoms with Crippen LogP contribution in [0.25, 0.3) is 0 Å². The van der Waals surface area contributed by atoms with Crippen LogP contribution in [0.2, 0.25) is 0 Å². The Morgan fingerprint density at radius 3 is 2.43 bits per heavy atom. The van der Waals surface area contributed by atoms with Gasteiger partial charge in [-0.25, -0.2) is 0 Å². The average molecular weight is 243 g/mol. The zero-order chi connectivity index (χ0) is 9.14. The number of nitrogens with two attached hydrogens (primary N) is 2. The number of hydrogen-bond acceptors (Lipinski definition) is 4. The molecule has 0 aliphatic rings. The van der Waals surface area contributed by atoms with E-state index in [-0.39, 0.29) is 42.5 Å². The fourth-order valence-electron chi connectivity index (χ4n) is 0.611. The predicted octanol–water partition coefficient (Wildman–Crippen LogP) is 0.347. The Bertz CT molecular complexity index is 299. The lowest BCUT2D eigenvalue weighted by Gasteiger charge is -2.01. The van der Waals surface area contributed by atoms with Gasteiger partial charge in [0.25, 0.3) is 0 Å². The van der Waals surface area contributed by atoms with Crippen LogP contribution in [0.5, 0.6) is 0 Å². The SMILES string of the molecule is Cl.Cl.N=C(N)Nc1nc(N)cc(F)n1. The van der Waals surface area contributed by atoms with Crippen molar-refractivity contribution >= 4 is 42.5 Å². The van der Waals surface area contributed by atoms with Crippen LogP contribution < -0.4 is 16.8 Å². The van der Waals surface area contributed by atoms with Crippen molar-refractivity contribution in [2.24, 2.45) is 5.73 Å². The smallest absolute Gasteiger partial charge is 0.234 e. The Balaban J connectivity index is 0. The van der Waals surface area contributed by atoms with Gasteiger partial charge in [-0.05, 0) is 0 Å². The highest BCUT2D eigenvalue weighted by molar-refractivity contribution is 5.87. The first-order valence-corrected chi connectivity index (χ1v) is 2.99. The molecule has 1 aromatic rings. The summed E-state index contributed by atoms with van der Waals surface area (Å²) in [4.78, 5) is 6.85. The fourth-order valence-corrected chi connectivity index (χ4v) is 0.611. The van der Waals surface area contributed by atoms with E-state index in [0.29, 0.717) is 0 Å². The van der Waals surface area contributed by atoms with Gasteiger partial charge in [-0.2, -0.15) is 14.4 Å². The maximum absolute atomic E-state index is 12.5. The number of nitrogen functional groups attached to an aromatic ring is 1. The number of aromatic nitrogens is 2. The average Bonchev–Trinajstić information content (AvgIpc) is 1.81. The summed E-state index contributed by atoms with van der Waals surface area (Å²) in [7, 11) is 0. The Morgan fingerprint density at radius 2 is 2.00 bits per heavy atom.